The summed E-state index contributed by atoms with van der Waals surface area (Å²) in [6, 6.07) is 9.89. The fourth-order valence-electron chi connectivity index (χ4n) is 2.67. The van der Waals surface area contributed by atoms with Gasteiger partial charge in [0, 0.05) is 22.8 Å². The van der Waals surface area contributed by atoms with E-state index in [0.29, 0.717) is 6.54 Å². The lowest BCUT2D eigenvalue weighted by atomic mass is 9.86. The standard InChI is InChI=1S/C18H21N3OS/c1-12-11-23-17-20-13(9-16(22)21(12)17)10-19-15-8-6-5-7-14(15)18(2,3)4/h5-9,11,19H,10H2,1-4H3. The molecule has 0 amide bonds. The van der Waals surface area contributed by atoms with Crippen LogP contribution in [0.2, 0.25) is 0 Å². The van der Waals surface area contributed by atoms with Crippen molar-refractivity contribution in [3.63, 3.8) is 0 Å². The Bertz CT molecular complexity index is 903. The lowest BCUT2D eigenvalue weighted by Gasteiger charge is -2.23. The van der Waals surface area contributed by atoms with E-state index in [9.17, 15) is 4.79 Å². The molecule has 5 heteroatoms. The van der Waals surface area contributed by atoms with Crippen LogP contribution in [0, 0.1) is 6.92 Å². The summed E-state index contributed by atoms with van der Waals surface area (Å²) in [5, 5.41) is 5.38. The molecular formula is C18H21N3OS. The minimum Gasteiger partial charge on any atom is -0.379 e. The molecule has 3 aromatic rings. The van der Waals surface area contributed by atoms with E-state index in [1.54, 1.807) is 10.5 Å². The van der Waals surface area contributed by atoms with E-state index in [-0.39, 0.29) is 11.0 Å². The number of rotatable bonds is 3. The highest BCUT2D eigenvalue weighted by molar-refractivity contribution is 7.15. The van der Waals surface area contributed by atoms with Crippen molar-refractivity contribution in [2.24, 2.45) is 0 Å². The van der Waals surface area contributed by atoms with Crippen molar-refractivity contribution in [1.82, 2.24) is 9.38 Å². The molecule has 2 aromatic heterocycles. The number of thiazole rings is 1. The Morgan fingerprint density at radius 1 is 1.26 bits per heavy atom. The van der Waals surface area contributed by atoms with Crippen molar-refractivity contribution in [3.05, 3.63) is 63.0 Å². The fraction of sp³-hybridized carbons (Fsp3) is 0.333. The first-order chi connectivity index (χ1) is 10.9. The molecule has 1 N–H and O–H groups in total. The smallest absolute Gasteiger partial charge is 0.259 e. The van der Waals surface area contributed by atoms with Crippen LogP contribution >= 0.6 is 11.3 Å². The molecule has 0 bridgehead atoms. The molecule has 0 fully saturated rings. The lowest BCUT2D eigenvalue weighted by Crippen LogP contribution is -2.18. The van der Waals surface area contributed by atoms with Crippen LogP contribution < -0.4 is 10.9 Å². The summed E-state index contributed by atoms with van der Waals surface area (Å²) in [6.45, 7) is 9.04. The third kappa shape index (κ3) is 3.15. The summed E-state index contributed by atoms with van der Waals surface area (Å²) >= 11 is 1.50. The van der Waals surface area contributed by atoms with Crippen LogP contribution in [0.4, 0.5) is 5.69 Å². The van der Waals surface area contributed by atoms with Gasteiger partial charge in [0.05, 0.1) is 12.2 Å². The number of fused-ring (bicyclic) bond motifs is 1. The van der Waals surface area contributed by atoms with Crippen LogP contribution in [0.15, 0.2) is 40.5 Å². The van der Waals surface area contributed by atoms with Gasteiger partial charge < -0.3 is 5.32 Å². The lowest BCUT2D eigenvalue weighted by molar-refractivity contribution is 0.591. The Balaban J connectivity index is 1.89. The molecule has 0 aliphatic carbocycles. The molecule has 0 radical (unpaired) electrons. The number of para-hydroxylation sites is 1. The number of nitrogens with one attached hydrogen (secondary N) is 1. The SMILES string of the molecule is Cc1csc2nc(CNc3ccccc3C(C)(C)C)cc(=O)n12. The third-order valence-electron chi connectivity index (χ3n) is 3.82. The van der Waals surface area contributed by atoms with Gasteiger partial charge in [-0.2, -0.15) is 0 Å². The van der Waals surface area contributed by atoms with Crippen molar-refractivity contribution in [2.75, 3.05) is 5.32 Å². The van der Waals surface area contributed by atoms with Gasteiger partial charge in [-0.05, 0) is 24.0 Å². The molecule has 0 aliphatic rings. The molecule has 23 heavy (non-hydrogen) atoms. The van der Waals surface area contributed by atoms with E-state index in [4.69, 9.17) is 0 Å². The van der Waals surface area contributed by atoms with Gasteiger partial charge in [0.1, 0.15) is 0 Å². The van der Waals surface area contributed by atoms with Crippen molar-refractivity contribution in [3.8, 4) is 0 Å². The number of benzene rings is 1. The van der Waals surface area contributed by atoms with Crippen LogP contribution in [0.5, 0.6) is 0 Å². The highest BCUT2D eigenvalue weighted by Crippen LogP contribution is 2.29. The maximum atomic E-state index is 12.2. The molecule has 0 saturated heterocycles. The second-order valence-corrected chi connectivity index (χ2v) is 7.57. The van der Waals surface area contributed by atoms with Gasteiger partial charge in [0.2, 0.25) is 0 Å². The van der Waals surface area contributed by atoms with Crippen LogP contribution in [0.1, 0.15) is 37.7 Å². The molecule has 0 saturated carbocycles. The van der Waals surface area contributed by atoms with Gasteiger partial charge in [0.15, 0.2) is 4.96 Å². The van der Waals surface area contributed by atoms with Crippen molar-refractivity contribution in [2.45, 2.75) is 39.7 Å². The maximum Gasteiger partial charge on any atom is 0.259 e. The minimum atomic E-state index is -0.0188. The van der Waals surface area contributed by atoms with Gasteiger partial charge in [-0.25, -0.2) is 4.98 Å². The van der Waals surface area contributed by atoms with Gasteiger partial charge in [-0.3, -0.25) is 9.20 Å². The molecule has 1 aromatic carbocycles. The highest BCUT2D eigenvalue weighted by atomic mass is 32.1. The summed E-state index contributed by atoms with van der Waals surface area (Å²) in [7, 11) is 0. The first-order valence-corrected chi connectivity index (χ1v) is 8.54. The van der Waals surface area contributed by atoms with E-state index in [2.05, 4.69) is 49.3 Å². The highest BCUT2D eigenvalue weighted by Gasteiger charge is 2.17. The van der Waals surface area contributed by atoms with Crippen molar-refractivity contribution < 1.29 is 0 Å². The van der Waals surface area contributed by atoms with E-state index >= 15 is 0 Å². The number of aryl methyl sites for hydroxylation is 1. The predicted octanol–water partition coefficient (Wildman–Crippen LogP) is 3.97. The number of hydrogen-bond acceptors (Lipinski definition) is 4. The zero-order chi connectivity index (χ0) is 16.6. The van der Waals surface area contributed by atoms with E-state index in [0.717, 1.165) is 22.0 Å². The fourth-order valence-corrected chi connectivity index (χ4v) is 3.56. The summed E-state index contributed by atoms with van der Waals surface area (Å²) in [5.41, 5.74) is 4.08. The Kier molecular flexibility index (Phi) is 3.98. The van der Waals surface area contributed by atoms with Gasteiger partial charge in [-0.15, -0.1) is 11.3 Å². The molecule has 0 atom stereocenters. The molecule has 4 nitrogen and oxygen atoms in total. The Labute approximate surface area is 139 Å². The molecule has 0 unspecified atom stereocenters. The second kappa shape index (κ2) is 5.81. The summed E-state index contributed by atoms with van der Waals surface area (Å²) in [5.74, 6) is 0. The van der Waals surface area contributed by atoms with Crippen molar-refractivity contribution >= 4 is 22.0 Å². The Hall–Kier alpha value is -2.14. The van der Waals surface area contributed by atoms with Crippen LogP contribution in [-0.2, 0) is 12.0 Å². The van der Waals surface area contributed by atoms with E-state index < -0.39 is 0 Å². The quantitative estimate of drug-likeness (QED) is 0.791. The molecular weight excluding hydrogens is 306 g/mol. The first kappa shape index (κ1) is 15.7. The van der Waals surface area contributed by atoms with Crippen LogP contribution in [-0.4, -0.2) is 9.38 Å². The Morgan fingerprint density at radius 3 is 2.74 bits per heavy atom. The summed E-state index contributed by atoms with van der Waals surface area (Å²) in [4.78, 5) is 17.5. The maximum absolute atomic E-state index is 12.2. The summed E-state index contributed by atoms with van der Waals surface area (Å²) < 4.78 is 1.65. The van der Waals surface area contributed by atoms with E-state index in [1.165, 1.54) is 16.9 Å². The number of nitrogens with zero attached hydrogens (tertiary/aromatic N) is 2. The van der Waals surface area contributed by atoms with Gasteiger partial charge in [-0.1, -0.05) is 39.0 Å². The zero-order valence-electron chi connectivity index (χ0n) is 13.9. The molecule has 0 spiro atoms. The minimum absolute atomic E-state index is 0.0188. The van der Waals surface area contributed by atoms with Gasteiger partial charge in [0.25, 0.3) is 5.56 Å². The van der Waals surface area contributed by atoms with Crippen LogP contribution in [0.3, 0.4) is 0 Å². The molecule has 0 aliphatic heterocycles. The zero-order valence-corrected chi connectivity index (χ0v) is 14.7. The van der Waals surface area contributed by atoms with E-state index in [1.807, 2.05) is 18.4 Å². The normalized spacial score (nSPS) is 11.8. The third-order valence-corrected chi connectivity index (χ3v) is 4.77. The first-order valence-electron chi connectivity index (χ1n) is 7.66. The molecule has 2 heterocycles. The second-order valence-electron chi connectivity index (χ2n) is 6.73. The number of anilines is 1. The molecule has 3 rings (SSSR count). The monoisotopic (exact) mass is 327 g/mol. The number of hydrogen-bond donors (Lipinski definition) is 1. The van der Waals surface area contributed by atoms with Crippen LogP contribution in [0.25, 0.3) is 4.96 Å². The Morgan fingerprint density at radius 2 is 2.00 bits per heavy atom. The van der Waals surface area contributed by atoms with Gasteiger partial charge >= 0.3 is 0 Å². The number of aromatic nitrogens is 2. The topological polar surface area (TPSA) is 46.4 Å². The largest absolute Gasteiger partial charge is 0.379 e. The summed E-state index contributed by atoms with van der Waals surface area (Å²) in [6.07, 6.45) is 0. The molecule has 120 valence electrons. The predicted molar refractivity (Wildman–Crippen MR) is 96.5 cm³/mol. The van der Waals surface area contributed by atoms with Crippen molar-refractivity contribution in [1.29, 1.82) is 0 Å². The average Bonchev–Trinajstić information content (AvgIpc) is 2.86. The average molecular weight is 327 g/mol.